The largest absolute Gasteiger partial charge is 0.497 e. The number of aromatic amines is 1. The van der Waals surface area contributed by atoms with E-state index in [1.165, 1.54) is 23.4 Å². The zero-order valence-corrected chi connectivity index (χ0v) is 21.2. The molecule has 0 saturated carbocycles. The number of fused-ring (bicyclic) bond motifs is 3. The van der Waals surface area contributed by atoms with Crippen LogP contribution in [0.2, 0.25) is 0 Å². The van der Waals surface area contributed by atoms with Gasteiger partial charge in [0.1, 0.15) is 16.8 Å². The van der Waals surface area contributed by atoms with Crippen molar-refractivity contribution < 1.29 is 19.0 Å². The predicted octanol–water partition coefficient (Wildman–Crippen LogP) is 4.62. The van der Waals surface area contributed by atoms with Gasteiger partial charge in [-0.25, -0.2) is 4.98 Å². The van der Waals surface area contributed by atoms with Crippen LogP contribution in [0.1, 0.15) is 0 Å². The van der Waals surface area contributed by atoms with Crippen molar-refractivity contribution in [3.8, 4) is 22.9 Å². The zero-order valence-electron chi connectivity index (χ0n) is 20.4. The number of nitrogens with one attached hydrogen (secondary N) is 2. The number of amides is 1. The Morgan fingerprint density at radius 3 is 2.57 bits per heavy atom. The van der Waals surface area contributed by atoms with Gasteiger partial charge in [-0.05, 0) is 30.3 Å². The third-order valence-corrected chi connectivity index (χ3v) is 6.74. The van der Waals surface area contributed by atoms with Gasteiger partial charge in [-0.15, -0.1) is 0 Å². The molecule has 10 heteroatoms. The lowest BCUT2D eigenvalue weighted by Crippen LogP contribution is -2.23. The Hall–Kier alpha value is -4.44. The molecule has 5 aromatic rings. The van der Waals surface area contributed by atoms with Gasteiger partial charge >= 0.3 is 0 Å². The highest BCUT2D eigenvalue weighted by molar-refractivity contribution is 7.99. The third-order valence-electron chi connectivity index (χ3n) is 5.81. The fourth-order valence-corrected chi connectivity index (χ4v) is 4.86. The smallest absolute Gasteiger partial charge is 0.283 e. The molecule has 37 heavy (non-hydrogen) atoms. The topological polar surface area (TPSA) is 107 Å². The summed E-state index contributed by atoms with van der Waals surface area (Å²) in [6.45, 7) is 0. The number of hydrogen-bond acceptors (Lipinski definition) is 7. The highest BCUT2D eigenvalue weighted by Gasteiger charge is 2.19. The molecule has 0 unspecified atom stereocenters. The predicted molar refractivity (Wildman–Crippen MR) is 145 cm³/mol. The van der Waals surface area contributed by atoms with Crippen LogP contribution in [0.3, 0.4) is 0 Å². The van der Waals surface area contributed by atoms with Gasteiger partial charge < -0.3 is 24.5 Å². The zero-order chi connectivity index (χ0) is 25.9. The second-order valence-corrected chi connectivity index (χ2v) is 8.98. The summed E-state index contributed by atoms with van der Waals surface area (Å²) in [5.74, 6) is 1.43. The Bertz CT molecular complexity index is 1680. The number of rotatable bonds is 8. The number of H-pyrrole nitrogens is 1. The van der Waals surface area contributed by atoms with Crippen LogP contribution in [-0.2, 0) is 4.79 Å². The maximum absolute atomic E-state index is 13.8. The number of methoxy groups -OCH3 is 3. The van der Waals surface area contributed by atoms with Gasteiger partial charge in [0, 0.05) is 28.7 Å². The van der Waals surface area contributed by atoms with Crippen molar-refractivity contribution in [1.82, 2.24) is 14.5 Å². The molecule has 2 heterocycles. The summed E-state index contributed by atoms with van der Waals surface area (Å²) in [7, 11) is 4.64. The molecule has 2 aromatic heterocycles. The Kier molecular flexibility index (Phi) is 6.74. The van der Waals surface area contributed by atoms with Crippen LogP contribution < -0.4 is 25.1 Å². The van der Waals surface area contributed by atoms with E-state index in [0.717, 1.165) is 10.9 Å². The summed E-state index contributed by atoms with van der Waals surface area (Å²) in [5.41, 5.74) is 2.59. The van der Waals surface area contributed by atoms with Crippen molar-refractivity contribution in [2.24, 2.45) is 0 Å². The molecule has 5 rings (SSSR count). The number of ether oxygens (including phenoxy) is 3. The van der Waals surface area contributed by atoms with Crippen LogP contribution in [-0.4, -0.2) is 47.5 Å². The van der Waals surface area contributed by atoms with E-state index in [4.69, 9.17) is 19.2 Å². The summed E-state index contributed by atoms with van der Waals surface area (Å²) < 4.78 is 17.5. The minimum Gasteiger partial charge on any atom is -0.497 e. The maximum atomic E-state index is 13.8. The molecule has 0 aliphatic heterocycles. The van der Waals surface area contributed by atoms with E-state index in [1.807, 2.05) is 24.3 Å². The average Bonchev–Trinajstić information content (AvgIpc) is 3.30. The Balaban J connectivity index is 1.57. The Morgan fingerprint density at radius 2 is 1.78 bits per heavy atom. The van der Waals surface area contributed by atoms with Crippen molar-refractivity contribution in [1.29, 1.82) is 0 Å². The van der Waals surface area contributed by atoms with Gasteiger partial charge in [0.25, 0.3) is 5.56 Å². The second kappa shape index (κ2) is 10.3. The Labute approximate surface area is 216 Å². The van der Waals surface area contributed by atoms with Gasteiger partial charge in [0.05, 0.1) is 32.8 Å². The fourth-order valence-electron chi connectivity index (χ4n) is 4.06. The van der Waals surface area contributed by atoms with Crippen molar-refractivity contribution >= 4 is 45.3 Å². The van der Waals surface area contributed by atoms with Gasteiger partial charge in [0.2, 0.25) is 5.91 Å². The van der Waals surface area contributed by atoms with Gasteiger partial charge in [-0.2, -0.15) is 0 Å². The monoisotopic (exact) mass is 516 g/mol. The maximum Gasteiger partial charge on any atom is 0.283 e. The van der Waals surface area contributed by atoms with E-state index in [-0.39, 0.29) is 17.2 Å². The SMILES string of the molecule is COc1cccc(NC(=O)CSc2nc3c([nH]c4ccccc43)c(=O)n2-c2ccc(OC)c(OC)c2)c1. The first-order chi connectivity index (χ1) is 18.0. The molecular weight excluding hydrogens is 492 g/mol. The molecule has 0 aliphatic carbocycles. The summed E-state index contributed by atoms with van der Waals surface area (Å²) in [4.78, 5) is 34.6. The number of nitrogens with zero attached hydrogens (tertiary/aromatic N) is 2. The van der Waals surface area contributed by atoms with E-state index in [2.05, 4.69) is 10.3 Å². The quantitative estimate of drug-likeness (QED) is 0.229. The number of carbonyl (C=O) groups excluding carboxylic acids is 1. The molecule has 9 nitrogen and oxygen atoms in total. The van der Waals surface area contributed by atoms with Crippen molar-refractivity contribution in [2.45, 2.75) is 5.16 Å². The summed E-state index contributed by atoms with van der Waals surface area (Å²) in [6, 6.07) is 19.9. The first-order valence-corrected chi connectivity index (χ1v) is 12.3. The molecule has 0 saturated heterocycles. The molecule has 0 bridgehead atoms. The lowest BCUT2D eigenvalue weighted by molar-refractivity contribution is -0.113. The average molecular weight is 517 g/mol. The second-order valence-electron chi connectivity index (χ2n) is 8.04. The minimum absolute atomic E-state index is 0.0325. The third kappa shape index (κ3) is 4.70. The van der Waals surface area contributed by atoms with Crippen LogP contribution in [0.15, 0.2) is 76.7 Å². The van der Waals surface area contributed by atoms with Crippen LogP contribution in [0, 0.1) is 0 Å². The van der Waals surface area contributed by atoms with Crippen LogP contribution >= 0.6 is 11.8 Å². The van der Waals surface area contributed by atoms with Crippen LogP contribution in [0.4, 0.5) is 5.69 Å². The van der Waals surface area contributed by atoms with Crippen LogP contribution in [0.5, 0.6) is 17.2 Å². The number of thioether (sulfide) groups is 1. The highest BCUT2D eigenvalue weighted by atomic mass is 32.2. The summed E-state index contributed by atoms with van der Waals surface area (Å²) >= 11 is 1.17. The van der Waals surface area contributed by atoms with E-state index in [9.17, 15) is 9.59 Å². The van der Waals surface area contributed by atoms with E-state index in [0.29, 0.717) is 44.8 Å². The van der Waals surface area contributed by atoms with Crippen molar-refractivity contribution in [3.05, 3.63) is 77.1 Å². The number of aromatic nitrogens is 3. The Morgan fingerprint density at radius 1 is 0.973 bits per heavy atom. The summed E-state index contributed by atoms with van der Waals surface area (Å²) in [6.07, 6.45) is 0. The molecular formula is C27H24N4O5S. The fraction of sp³-hybridized carbons (Fsp3) is 0.148. The molecule has 0 atom stereocenters. The van der Waals surface area contributed by atoms with Crippen LogP contribution in [0.25, 0.3) is 27.6 Å². The van der Waals surface area contributed by atoms with Gasteiger partial charge in [-0.3, -0.25) is 14.2 Å². The molecule has 188 valence electrons. The van der Waals surface area contributed by atoms with Gasteiger partial charge in [-0.1, -0.05) is 36.0 Å². The van der Waals surface area contributed by atoms with E-state index < -0.39 is 0 Å². The normalized spacial score (nSPS) is 11.0. The highest BCUT2D eigenvalue weighted by Crippen LogP contribution is 2.31. The lowest BCUT2D eigenvalue weighted by atomic mass is 10.2. The van der Waals surface area contributed by atoms with Gasteiger partial charge in [0.15, 0.2) is 16.7 Å². The first kappa shape index (κ1) is 24.3. The molecule has 0 fully saturated rings. The van der Waals surface area contributed by atoms with E-state index in [1.54, 1.807) is 56.7 Å². The molecule has 0 spiro atoms. The standard InChI is InChI=1S/C27H24N4O5S/c1-34-18-8-6-7-16(13-18)28-23(32)15-37-27-30-24-19-9-4-5-10-20(19)29-25(24)26(33)31(27)17-11-12-21(35-2)22(14-17)36-3/h4-14,29H,15H2,1-3H3,(H,28,32). The lowest BCUT2D eigenvalue weighted by Gasteiger charge is -2.14. The molecule has 1 amide bonds. The molecule has 0 radical (unpaired) electrons. The number of benzene rings is 3. The molecule has 3 aromatic carbocycles. The van der Waals surface area contributed by atoms with Crippen molar-refractivity contribution in [3.63, 3.8) is 0 Å². The molecule has 2 N–H and O–H groups in total. The minimum atomic E-state index is -0.288. The molecule has 0 aliphatic rings. The summed E-state index contributed by atoms with van der Waals surface area (Å²) in [5, 5.41) is 4.06. The van der Waals surface area contributed by atoms with E-state index >= 15 is 0 Å². The first-order valence-electron chi connectivity index (χ1n) is 11.3. The number of hydrogen-bond donors (Lipinski definition) is 2. The number of carbonyl (C=O) groups is 1. The van der Waals surface area contributed by atoms with Crippen molar-refractivity contribution in [2.75, 3.05) is 32.4 Å². The number of anilines is 1. The number of para-hydroxylation sites is 1.